The fourth-order valence-electron chi connectivity index (χ4n) is 1.72. The molecule has 1 aromatic carbocycles. The molecule has 1 unspecified atom stereocenters. The van der Waals surface area contributed by atoms with E-state index < -0.39 is 0 Å². The van der Waals surface area contributed by atoms with Crippen molar-refractivity contribution < 1.29 is 4.79 Å². The molecule has 1 aliphatic heterocycles. The van der Waals surface area contributed by atoms with Gasteiger partial charge in [0.15, 0.2) is 5.78 Å². The normalized spacial score (nSPS) is 20.7. The first-order valence-electron chi connectivity index (χ1n) is 5.34. The third-order valence-corrected chi connectivity index (χ3v) is 4.47. The van der Waals surface area contributed by atoms with Gasteiger partial charge in [0, 0.05) is 28.9 Å². The fraction of sp³-hybridized carbons (Fsp3) is 0.417. The number of nitrogens with one attached hydrogen (secondary N) is 1. The minimum atomic E-state index is 0.0332. The molecule has 1 fully saturated rings. The highest BCUT2D eigenvalue weighted by molar-refractivity contribution is 9.10. The lowest BCUT2D eigenvalue weighted by Crippen LogP contribution is -2.44. The summed E-state index contributed by atoms with van der Waals surface area (Å²) < 4.78 is 1.02. The van der Waals surface area contributed by atoms with E-state index in [9.17, 15) is 4.79 Å². The maximum Gasteiger partial charge on any atom is 0.154 e. The molecule has 1 heterocycles. The molecule has 4 heteroatoms. The lowest BCUT2D eigenvalue weighted by atomic mass is 10.0. The van der Waals surface area contributed by atoms with Gasteiger partial charge < -0.3 is 5.32 Å². The largest absolute Gasteiger partial charge is 0.306 e. The van der Waals surface area contributed by atoms with E-state index >= 15 is 0 Å². The Balaban J connectivity index is 1.99. The smallest absolute Gasteiger partial charge is 0.154 e. The van der Waals surface area contributed by atoms with Crippen molar-refractivity contribution >= 4 is 33.5 Å². The number of rotatable bonds is 3. The van der Waals surface area contributed by atoms with E-state index in [1.165, 1.54) is 0 Å². The standard InChI is InChI=1S/C12H14BrNOS/c13-10-4-2-1-3-9(10)7-12(15)11-8-16-6-5-14-11/h1-4,11,14H,5-8H2. The molecule has 0 spiro atoms. The Hall–Kier alpha value is -0.320. The summed E-state index contributed by atoms with van der Waals surface area (Å²) >= 11 is 5.32. The SMILES string of the molecule is O=C(Cc1ccccc1Br)C1CSCCN1. The van der Waals surface area contributed by atoms with Crippen LogP contribution in [0.2, 0.25) is 0 Å². The van der Waals surface area contributed by atoms with Crippen LogP contribution in [0.1, 0.15) is 5.56 Å². The molecule has 0 aromatic heterocycles. The van der Waals surface area contributed by atoms with Gasteiger partial charge in [-0.1, -0.05) is 34.1 Å². The molecule has 0 bridgehead atoms. The number of Topliss-reactive ketones (excluding diaryl/α,β-unsaturated/α-hetero) is 1. The van der Waals surface area contributed by atoms with Gasteiger partial charge in [-0.2, -0.15) is 11.8 Å². The third-order valence-electron chi connectivity index (χ3n) is 2.63. The minimum absolute atomic E-state index is 0.0332. The van der Waals surface area contributed by atoms with Gasteiger partial charge in [0.05, 0.1) is 6.04 Å². The van der Waals surface area contributed by atoms with E-state index in [2.05, 4.69) is 21.2 Å². The summed E-state index contributed by atoms with van der Waals surface area (Å²) in [6.07, 6.45) is 0.514. The van der Waals surface area contributed by atoms with Crippen molar-refractivity contribution in [2.24, 2.45) is 0 Å². The Kier molecular flexibility index (Phi) is 4.44. The van der Waals surface area contributed by atoms with Gasteiger partial charge in [-0.05, 0) is 11.6 Å². The van der Waals surface area contributed by atoms with Gasteiger partial charge in [-0.15, -0.1) is 0 Å². The lowest BCUT2D eigenvalue weighted by molar-refractivity contribution is -0.119. The average Bonchev–Trinajstić information content (AvgIpc) is 2.33. The van der Waals surface area contributed by atoms with Crippen LogP contribution in [0.4, 0.5) is 0 Å². The number of benzene rings is 1. The molecule has 1 atom stereocenters. The lowest BCUT2D eigenvalue weighted by Gasteiger charge is -2.22. The molecular formula is C12H14BrNOS. The second-order valence-corrected chi connectivity index (χ2v) is 5.82. The number of hydrogen-bond donors (Lipinski definition) is 1. The zero-order valence-corrected chi connectivity index (χ0v) is 11.3. The topological polar surface area (TPSA) is 29.1 Å². The quantitative estimate of drug-likeness (QED) is 0.928. The molecule has 16 heavy (non-hydrogen) atoms. The number of hydrogen-bond acceptors (Lipinski definition) is 3. The maximum absolute atomic E-state index is 12.0. The van der Waals surface area contributed by atoms with Crippen LogP contribution in [0.15, 0.2) is 28.7 Å². The Labute approximate surface area is 108 Å². The molecule has 2 nitrogen and oxygen atoms in total. The van der Waals surface area contributed by atoms with Gasteiger partial charge in [0.2, 0.25) is 0 Å². The molecule has 0 saturated carbocycles. The van der Waals surface area contributed by atoms with Crippen LogP contribution in [-0.2, 0) is 11.2 Å². The maximum atomic E-state index is 12.0. The first kappa shape index (κ1) is 12.1. The highest BCUT2D eigenvalue weighted by Crippen LogP contribution is 2.18. The summed E-state index contributed by atoms with van der Waals surface area (Å²) in [5.74, 6) is 2.31. The van der Waals surface area contributed by atoms with Crippen LogP contribution in [0.5, 0.6) is 0 Å². The second-order valence-electron chi connectivity index (χ2n) is 3.82. The molecular weight excluding hydrogens is 286 g/mol. The second kappa shape index (κ2) is 5.84. The summed E-state index contributed by atoms with van der Waals surface area (Å²) in [6, 6.07) is 7.94. The summed E-state index contributed by atoms with van der Waals surface area (Å²) in [6.45, 7) is 0.942. The monoisotopic (exact) mass is 299 g/mol. The number of carbonyl (C=O) groups is 1. The summed E-state index contributed by atoms with van der Waals surface area (Å²) in [7, 11) is 0. The molecule has 0 amide bonds. The minimum Gasteiger partial charge on any atom is -0.306 e. The Morgan fingerprint density at radius 1 is 1.50 bits per heavy atom. The average molecular weight is 300 g/mol. The Bertz CT molecular complexity index is 377. The van der Waals surface area contributed by atoms with Crippen LogP contribution in [0.3, 0.4) is 0 Å². The van der Waals surface area contributed by atoms with Crippen molar-refractivity contribution in [2.45, 2.75) is 12.5 Å². The number of halogens is 1. The van der Waals surface area contributed by atoms with Crippen LogP contribution in [0.25, 0.3) is 0 Å². The summed E-state index contributed by atoms with van der Waals surface area (Å²) in [4.78, 5) is 12.0. The van der Waals surface area contributed by atoms with E-state index in [1.54, 1.807) is 0 Å². The number of carbonyl (C=O) groups excluding carboxylic acids is 1. The van der Waals surface area contributed by atoms with Gasteiger partial charge in [-0.3, -0.25) is 4.79 Å². The number of ketones is 1. The van der Waals surface area contributed by atoms with E-state index in [0.29, 0.717) is 12.2 Å². The van der Waals surface area contributed by atoms with E-state index in [-0.39, 0.29) is 6.04 Å². The highest BCUT2D eigenvalue weighted by Gasteiger charge is 2.21. The van der Waals surface area contributed by atoms with Crippen molar-refractivity contribution in [1.82, 2.24) is 5.32 Å². The van der Waals surface area contributed by atoms with Crippen molar-refractivity contribution in [2.75, 3.05) is 18.1 Å². The van der Waals surface area contributed by atoms with E-state index in [0.717, 1.165) is 28.1 Å². The summed E-state index contributed by atoms with van der Waals surface area (Å²) in [5.41, 5.74) is 1.07. The molecule has 86 valence electrons. The highest BCUT2D eigenvalue weighted by atomic mass is 79.9. The molecule has 0 aliphatic carbocycles. The fourth-order valence-corrected chi connectivity index (χ4v) is 3.12. The predicted octanol–water partition coefficient (Wildman–Crippen LogP) is 2.27. The van der Waals surface area contributed by atoms with Gasteiger partial charge in [-0.25, -0.2) is 0 Å². The molecule has 1 aromatic rings. The van der Waals surface area contributed by atoms with Crippen molar-refractivity contribution in [1.29, 1.82) is 0 Å². The van der Waals surface area contributed by atoms with Gasteiger partial charge in [0.25, 0.3) is 0 Å². The zero-order chi connectivity index (χ0) is 11.4. The predicted molar refractivity (Wildman–Crippen MR) is 72.0 cm³/mol. The zero-order valence-electron chi connectivity index (χ0n) is 8.91. The van der Waals surface area contributed by atoms with Crippen LogP contribution < -0.4 is 5.32 Å². The van der Waals surface area contributed by atoms with Crippen molar-refractivity contribution in [3.05, 3.63) is 34.3 Å². The van der Waals surface area contributed by atoms with Gasteiger partial charge in [0.1, 0.15) is 0 Å². The van der Waals surface area contributed by atoms with Crippen LogP contribution in [-0.4, -0.2) is 29.9 Å². The van der Waals surface area contributed by atoms with E-state index in [4.69, 9.17) is 0 Å². The Morgan fingerprint density at radius 3 is 3.00 bits per heavy atom. The molecule has 1 N–H and O–H groups in total. The number of thioether (sulfide) groups is 1. The molecule has 1 aliphatic rings. The van der Waals surface area contributed by atoms with Crippen molar-refractivity contribution in [3.8, 4) is 0 Å². The first-order chi connectivity index (χ1) is 7.77. The molecule has 1 saturated heterocycles. The van der Waals surface area contributed by atoms with Crippen LogP contribution in [0, 0.1) is 0 Å². The first-order valence-corrected chi connectivity index (χ1v) is 7.29. The Morgan fingerprint density at radius 2 is 2.31 bits per heavy atom. The molecule has 2 rings (SSSR count). The van der Waals surface area contributed by atoms with Crippen molar-refractivity contribution in [3.63, 3.8) is 0 Å². The third kappa shape index (κ3) is 3.09. The van der Waals surface area contributed by atoms with Crippen LogP contribution >= 0.6 is 27.7 Å². The summed E-state index contributed by atoms with van der Waals surface area (Å²) in [5, 5.41) is 3.27. The molecule has 0 radical (unpaired) electrons. The van der Waals surface area contributed by atoms with E-state index in [1.807, 2.05) is 36.0 Å². The van der Waals surface area contributed by atoms with Gasteiger partial charge >= 0.3 is 0 Å².